The molecule has 2 heterocycles. The lowest BCUT2D eigenvalue weighted by Crippen LogP contribution is -2.53. The molecule has 0 radical (unpaired) electrons. The molecule has 2 saturated heterocycles. The Morgan fingerprint density at radius 1 is 1.31 bits per heavy atom. The molecule has 0 aliphatic carbocycles. The first-order valence-corrected chi connectivity index (χ1v) is 5.61. The molecular formula is C10H17N3O3. The maximum Gasteiger partial charge on any atom is 0.242 e. The first-order valence-electron chi connectivity index (χ1n) is 5.61. The molecular weight excluding hydrogens is 210 g/mol. The standard InChI is InChI=1S/C10H17N3O3/c14-9-7-11-1-2-13(9)8-10(15)12-3-5-16-6-4-12/h11H,1-8H2. The predicted octanol–water partition coefficient (Wildman–Crippen LogP) is -1.72. The number of ether oxygens (including phenoxy) is 1. The summed E-state index contributed by atoms with van der Waals surface area (Å²) in [5.41, 5.74) is 0. The van der Waals surface area contributed by atoms with Crippen LogP contribution < -0.4 is 5.32 Å². The largest absolute Gasteiger partial charge is 0.378 e. The quantitative estimate of drug-likeness (QED) is 0.609. The van der Waals surface area contributed by atoms with Crippen LogP contribution in [0.25, 0.3) is 0 Å². The van der Waals surface area contributed by atoms with E-state index in [2.05, 4.69) is 5.32 Å². The normalized spacial score (nSPS) is 22.4. The fraction of sp³-hybridized carbons (Fsp3) is 0.800. The van der Waals surface area contributed by atoms with Crippen molar-refractivity contribution in [3.05, 3.63) is 0 Å². The third kappa shape index (κ3) is 2.70. The minimum Gasteiger partial charge on any atom is -0.378 e. The second kappa shape index (κ2) is 5.27. The van der Waals surface area contributed by atoms with Crippen LogP contribution in [0.4, 0.5) is 0 Å². The van der Waals surface area contributed by atoms with Crippen molar-refractivity contribution in [1.82, 2.24) is 15.1 Å². The van der Waals surface area contributed by atoms with Gasteiger partial charge in [-0.15, -0.1) is 0 Å². The van der Waals surface area contributed by atoms with Crippen LogP contribution in [-0.4, -0.2) is 74.1 Å². The lowest BCUT2D eigenvalue weighted by molar-refractivity contribution is -0.143. The van der Waals surface area contributed by atoms with E-state index in [1.165, 1.54) is 0 Å². The molecule has 0 spiro atoms. The van der Waals surface area contributed by atoms with E-state index in [1.807, 2.05) is 0 Å². The van der Waals surface area contributed by atoms with Crippen LogP contribution >= 0.6 is 0 Å². The van der Waals surface area contributed by atoms with Gasteiger partial charge in [0.25, 0.3) is 0 Å². The topological polar surface area (TPSA) is 61.9 Å². The number of hydrogen-bond donors (Lipinski definition) is 1. The summed E-state index contributed by atoms with van der Waals surface area (Å²) < 4.78 is 5.18. The molecule has 0 unspecified atom stereocenters. The van der Waals surface area contributed by atoms with Crippen molar-refractivity contribution in [2.24, 2.45) is 0 Å². The maximum absolute atomic E-state index is 11.9. The second-order valence-corrected chi connectivity index (χ2v) is 3.99. The van der Waals surface area contributed by atoms with Crippen molar-refractivity contribution >= 4 is 11.8 Å². The Morgan fingerprint density at radius 3 is 2.75 bits per heavy atom. The van der Waals surface area contributed by atoms with E-state index < -0.39 is 0 Å². The van der Waals surface area contributed by atoms with Gasteiger partial charge < -0.3 is 19.9 Å². The summed E-state index contributed by atoms with van der Waals surface area (Å²) in [5.74, 6) is 0.0337. The van der Waals surface area contributed by atoms with Crippen molar-refractivity contribution in [1.29, 1.82) is 0 Å². The fourth-order valence-corrected chi connectivity index (χ4v) is 1.89. The molecule has 2 aliphatic heterocycles. The zero-order valence-electron chi connectivity index (χ0n) is 9.28. The number of rotatable bonds is 2. The maximum atomic E-state index is 11.9. The Morgan fingerprint density at radius 2 is 2.06 bits per heavy atom. The van der Waals surface area contributed by atoms with Gasteiger partial charge >= 0.3 is 0 Å². The van der Waals surface area contributed by atoms with Gasteiger partial charge in [0.05, 0.1) is 26.3 Å². The van der Waals surface area contributed by atoms with Gasteiger partial charge in [0.15, 0.2) is 0 Å². The Balaban J connectivity index is 1.83. The number of carbonyl (C=O) groups is 2. The van der Waals surface area contributed by atoms with E-state index in [9.17, 15) is 9.59 Å². The Labute approximate surface area is 94.5 Å². The molecule has 2 amide bonds. The van der Waals surface area contributed by atoms with Crippen LogP contribution in [0, 0.1) is 0 Å². The Bertz CT molecular complexity index is 276. The average molecular weight is 227 g/mol. The van der Waals surface area contributed by atoms with Crippen LogP contribution in [0.1, 0.15) is 0 Å². The Hall–Kier alpha value is -1.14. The van der Waals surface area contributed by atoms with Gasteiger partial charge in [-0.2, -0.15) is 0 Å². The van der Waals surface area contributed by atoms with E-state index in [-0.39, 0.29) is 18.4 Å². The van der Waals surface area contributed by atoms with Crippen molar-refractivity contribution in [2.45, 2.75) is 0 Å². The average Bonchev–Trinajstić information content (AvgIpc) is 2.33. The van der Waals surface area contributed by atoms with Crippen LogP contribution in [0.5, 0.6) is 0 Å². The molecule has 2 aliphatic rings. The molecule has 0 aromatic heterocycles. The van der Waals surface area contributed by atoms with Gasteiger partial charge in [0.2, 0.25) is 11.8 Å². The number of carbonyl (C=O) groups excluding carboxylic acids is 2. The first-order chi connectivity index (χ1) is 7.77. The van der Waals surface area contributed by atoms with Crippen molar-refractivity contribution in [2.75, 3.05) is 52.5 Å². The summed E-state index contributed by atoms with van der Waals surface area (Å²) in [4.78, 5) is 26.7. The van der Waals surface area contributed by atoms with Crippen LogP contribution in [0.3, 0.4) is 0 Å². The third-order valence-electron chi connectivity index (χ3n) is 2.88. The molecule has 0 aromatic carbocycles. The molecule has 90 valence electrons. The number of hydrogen-bond acceptors (Lipinski definition) is 4. The molecule has 0 bridgehead atoms. The van der Waals surface area contributed by atoms with E-state index in [0.29, 0.717) is 39.4 Å². The van der Waals surface area contributed by atoms with E-state index in [0.717, 1.165) is 6.54 Å². The van der Waals surface area contributed by atoms with Crippen LogP contribution in [0.2, 0.25) is 0 Å². The first kappa shape index (κ1) is 11.3. The Kier molecular flexibility index (Phi) is 3.74. The number of nitrogens with zero attached hydrogens (tertiary/aromatic N) is 2. The molecule has 16 heavy (non-hydrogen) atoms. The van der Waals surface area contributed by atoms with Gasteiger partial charge in [0, 0.05) is 26.2 Å². The zero-order valence-corrected chi connectivity index (χ0v) is 9.28. The molecule has 6 nitrogen and oxygen atoms in total. The van der Waals surface area contributed by atoms with Crippen molar-refractivity contribution < 1.29 is 14.3 Å². The molecule has 0 aromatic rings. The number of nitrogens with one attached hydrogen (secondary N) is 1. The zero-order chi connectivity index (χ0) is 11.4. The highest BCUT2D eigenvalue weighted by atomic mass is 16.5. The highest BCUT2D eigenvalue weighted by molar-refractivity contribution is 5.86. The minimum absolute atomic E-state index is 0.00728. The van der Waals surface area contributed by atoms with Gasteiger partial charge in [-0.3, -0.25) is 9.59 Å². The lowest BCUT2D eigenvalue weighted by atomic mass is 10.3. The molecule has 0 saturated carbocycles. The highest BCUT2D eigenvalue weighted by Gasteiger charge is 2.23. The SMILES string of the molecule is O=C(CN1CCNCC1=O)N1CCOCC1. The van der Waals surface area contributed by atoms with Gasteiger partial charge in [-0.25, -0.2) is 0 Å². The molecule has 2 fully saturated rings. The summed E-state index contributed by atoms with van der Waals surface area (Å²) in [6.07, 6.45) is 0. The fourth-order valence-electron chi connectivity index (χ4n) is 1.89. The molecule has 6 heteroatoms. The number of amides is 2. The van der Waals surface area contributed by atoms with E-state index >= 15 is 0 Å². The van der Waals surface area contributed by atoms with Gasteiger partial charge in [-0.1, -0.05) is 0 Å². The smallest absolute Gasteiger partial charge is 0.242 e. The molecule has 1 N–H and O–H groups in total. The van der Waals surface area contributed by atoms with Gasteiger partial charge in [-0.05, 0) is 0 Å². The third-order valence-corrected chi connectivity index (χ3v) is 2.88. The lowest BCUT2D eigenvalue weighted by Gasteiger charge is -2.31. The predicted molar refractivity (Wildman–Crippen MR) is 56.8 cm³/mol. The number of morpholine rings is 1. The van der Waals surface area contributed by atoms with Crippen molar-refractivity contribution in [3.63, 3.8) is 0 Å². The number of piperazine rings is 1. The minimum atomic E-state index is 0.00728. The summed E-state index contributed by atoms with van der Waals surface area (Å²) in [6, 6.07) is 0. The monoisotopic (exact) mass is 227 g/mol. The van der Waals surface area contributed by atoms with Crippen molar-refractivity contribution in [3.8, 4) is 0 Å². The van der Waals surface area contributed by atoms with E-state index in [1.54, 1.807) is 9.80 Å². The highest BCUT2D eigenvalue weighted by Crippen LogP contribution is 2.01. The summed E-state index contributed by atoms with van der Waals surface area (Å²) in [6.45, 7) is 4.41. The van der Waals surface area contributed by atoms with Crippen LogP contribution in [-0.2, 0) is 14.3 Å². The molecule has 0 atom stereocenters. The second-order valence-electron chi connectivity index (χ2n) is 3.99. The van der Waals surface area contributed by atoms with E-state index in [4.69, 9.17) is 4.74 Å². The summed E-state index contributed by atoms with van der Waals surface area (Å²) >= 11 is 0. The van der Waals surface area contributed by atoms with Gasteiger partial charge in [0.1, 0.15) is 0 Å². The van der Waals surface area contributed by atoms with Crippen LogP contribution in [0.15, 0.2) is 0 Å². The summed E-state index contributed by atoms with van der Waals surface area (Å²) in [7, 11) is 0. The molecule has 2 rings (SSSR count). The summed E-state index contributed by atoms with van der Waals surface area (Å²) in [5, 5.41) is 2.98.